The molecule has 0 atom stereocenters. The summed E-state index contributed by atoms with van der Waals surface area (Å²) in [7, 11) is 0. The zero-order valence-electron chi connectivity index (χ0n) is 7.42. The molecule has 0 saturated heterocycles. The lowest BCUT2D eigenvalue weighted by Gasteiger charge is -1.93. The van der Waals surface area contributed by atoms with E-state index in [0.717, 1.165) is 5.22 Å². The van der Waals surface area contributed by atoms with Crippen LogP contribution in [0, 0.1) is 5.92 Å². The molecule has 1 aromatic heterocycles. The van der Waals surface area contributed by atoms with Crippen molar-refractivity contribution in [3.05, 3.63) is 33.1 Å². The molecule has 2 nitrogen and oxygen atoms in total. The number of aromatic amines is 1. The molecule has 0 aliphatic carbocycles. The van der Waals surface area contributed by atoms with Crippen LogP contribution in [0.3, 0.4) is 0 Å². The molecule has 0 bridgehead atoms. The summed E-state index contributed by atoms with van der Waals surface area (Å²) in [4.78, 5) is 13.5. The number of H-pyrrole nitrogens is 1. The van der Waals surface area contributed by atoms with Gasteiger partial charge in [0.2, 0.25) is 5.56 Å². The predicted molar refractivity (Wildman–Crippen MR) is 51.1 cm³/mol. The van der Waals surface area contributed by atoms with Gasteiger partial charge in [-0.1, -0.05) is 26.5 Å². The van der Waals surface area contributed by atoms with Gasteiger partial charge < -0.3 is 4.98 Å². The molecule has 0 spiro atoms. The van der Waals surface area contributed by atoms with Gasteiger partial charge in [-0.25, -0.2) is 0 Å². The van der Waals surface area contributed by atoms with Gasteiger partial charge in [-0.15, -0.1) is 0 Å². The third-order valence-corrected chi connectivity index (χ3v) is 1.55. The van der Waals surface area contributed by atoms with E-state index in [1.165, 1.54) is 6.07 Å². The molecule has 0 radical (unpaired) electrons. The summed E-state index contributed by atoms with van der Waals surface area (Å²) in [5.74, 6) is 0.469. The van der Waals surface area contributed by atoms with Gasteiger partial charge in [0.15, 0.2) is 0 Å². The Kier molecular flexibility index (Phi) is 2.48. The van der Waals surface area contributed by atoms with Crippen molar-refractivity contribution in [2.45, 2.75) is 13.8 Å². The fraction of sp³-hybridized carbons (Fsp3) is 0.300. The van der Waals surface area contributed by atoms with Gasteiger partial charge in [-0.2, -0.15) is 0 Å². The maximum Gasteiger partial charge on any atom is 0.248 e. The number of hydrogen-bond donors (Lipinski definition) is 1. The van der Waals surface area contributed by atoms with Crippen LogP contribution < -0.4 is 16.1 Å². The van der Waals surface area contributed by atoms with Crippen LogP contribution in [0.1, 0.15) is 13.8 Å². The molecule has 0 aliphatic heterocycles. The Balaban J connectivity index is 3.38. The van der Waals surface area contributed by atoms with Crippen molar-refractivity contribution < 1.29 is 0 Å². The fourth-order valence-corrected chi connectivity index (χ4v) is 1.04. The Labute approximate surface area is 71.3 Å². The molecule has 1 aromatic rings. The molecule has 1 heterocycles. The van der Waals surface area contributed by atoms with Gasteiger partial charge in [-0.05, 0) is 17.2 Å². The maximum atomic E-state index is 10.8. The lowest BCUT2D eigenvalue weighted by atomic mass is 10.2. The van der Waals surface area contributed by atoms with Crippen LogP contribution in [0.25, 0.3) is 12.7 Å². The van der Waals surface area contributed by atoms with Crippen LogP contribution in [0.15, 0.2) is 16.9 Å². The molecule has 12 heavy (non-hydrogen) atoms. The first-order chi connectivity index (χ1) is 5.59. The number of rotatable bonds is 1. The number of hydrogen-bond acceptors (Lipinski definition) is 1. The van der Waals surface area contributed by atoms with E-state index < -0.39 is 0 Å². The second-order valence-corrected chi connectivity index (χ2v) is 3.17. The first-order valence-corrected chi connectivity index (χ1v) is 4.00. The summed E-state index contributed by atoms with van der Waals surface area (Å²) in [5, 5.41) is 1.70. The molecular formula is C10H13NO. The molecule has 0 amide bonds. The van der Waals surface area contributed by atoms with Crippen molar-refractivity contribution in [3.8, 4) is 0 Å². The van der Waals surface area contributed by atoms with Gasteiger partial charge in [0, 0.05) is 11.4 Å². The number of aromatic nitrogens is 1. The molecule has 2 heteroatoms. The Bertz CT molecular complexity index is 414. The zero-order valence-corrected chi connectivity index (χ0v) is 7.42. The van der Waals surface area contributed by atoms with Gasteiger partial charge in [0.1, 0.15) is 0 Å². The Morgan fingerprint density at radius 2 is 2.17 bits per heavy atom. The topological polar surface area (TPSA) is 32.9 Å². The highest BCUT2D eigenvalue weighted by molar-refractivity contribution is 5.25. The van der Waals surface area contributed by atoms with Crippen molar-refractivity contribution in [2.24, 2.45) is 5.92 Å². The minimum absolute atomic E-state index is 0.0964. The predicted octanol–water partition coefficient (Wildman–Crippen LogP) is 0.222. The van der Waals surface area contributed by atoms with Gasteiger partial charge in [0.05, 0.1) is 0 Å². The van der Waals surface area contributed by atoms with Crippen molar-refractivity contribution >= 4 is 12.7 Å². The highest BCUT2D eigenvalue weighted by atomic mass is 16.1. The second kappa shape index (κ2) is 3.39. The molecule has 0 aliphatic rings. The largest absolute Gasteiger partial charge is 0.323 e. The van der Waals surface area contributed by atoms with E-state index in [4.69, 9.17) is 0 Å². The third kappa shape index (κ3) is 2.09. The van der Waals surface area contributed by atoms with Crippen molar-refractivity contribution in [3.63, 3.8) is 0 Å². The van der Waals surface area contributed by atoms with Gasteiger partial charge in [-0.3, -0.25) is 4.79 Å². The molecule has 0 aromatic carbocycles. The molecule has 0 unspecified atom stereocenters. The highest BCUT2D eigenvalue weighted by Crippen LogP contribution is 1.89. The molecule has 1 rings (SSSR count). The summed E-state index contributed by atoms with van der Waals surface area (Å²) in [6.07, 6.45) is 2.07. The van der Waals surface area contributed by atoms with Crippen molar-refractivity contribution in [1.29, 1.82) is 0 Å². The first kappa shape index (κ1) is 8.78. The number of pyridine rings is 1. The van der Waals surface area contributed by atoms with Crippen LogP contribution in [0.5, 0.6) is 0 Å². The van der Waals surface area contributed by atoms with Crippen LogP contribution in [0.4, 0.5) is 0 Å². The quantitative estimate of drug-likeness (QED) is 0.631. The SMILES string of the molecule is C=c1[nH]c(=O)ccc1=CC(C)C. The second-order valence-electron chi connectivity index (χ2n) is 3.17. The van der Waals surface area contributed by atoms with Gasteiger partial charge >= 0.3 is 0 Å². The van der Waals surface area contributed by atoms with Crippen molar-refractivity contribution in [2.75, 3.05) is 0 Å². The van der Waals surface area contributed by atoms with Crippen molar-refractivity contribution in [1.82, 2.24) is 4.98 Å². The van der Waals surface area contributed by atoms with E-state index in [1.54, 1.807) is 6.07 Å². The van der Waals surface area contributed by atoms with E-state index in [1.807, 2.05) is 0 Å². The minimum Gasteiger partial charge on any atom is -0.323 e. The molecule has 0 saturated carbocycles. The normalized spacial score (nSPS) is 12.4. The standard InChI is InChI=1S/C10H13NO/c1-7(2)6-9-4-5-10(12)11-8(9)3/h4-7H,3H2,1-2H3,(H,11,12). The van der Waals surface area contributed by atoms with E-state index in [-0.39, 0.29) is 5.56 Å². The summed E-state index contributed by atoms with van der Waals surface area (Å²) in [6.45, 7) is 7.92. The minimum atomic E-state index is -0.0964. The van der Waals surface area contributed by atoms with E-state index in [0.29, 0.717) is 11.3 Å². The molecular weight excluding hydrogens is 150 g/mol. The van der Waals surface area contributed by atoms with E-state index in [9.17, 15) is 4.79 Å². The molecule has 64 valence electrons. The van der Waals surface area contributed by atoms with Crippen LogP contribution in [-0.2, 0) is 0 Å². The Morgan fingerprint density at radius 3 is 2.67 bits per heavy atom. The average molecular weight is 163 g/mol. The van der Waals surface area contributed by atoms with Crippen LogP contribution in [0.2, 0.25) is 0 Å². The van der Waals surface area contributed by atoms with Crippen LogP contribution in [-0.4, -0.2) is 4.98 Å². The molecule has 1 N–H and O–H groups in total. The maximum absolute atomic E-state index is 10.8. The summed E-state index contributed by atoms with van der Waals surface area (Å²) in [5.41, 5.74) is -0.0964. The average Bonchev–Trinajstić information content (AvgIpc) is 1.94. The monoisotopic (exact) mass is 163 g/mol. The Hall–Kier alpha value is -1.31. The molecule has 0 fully saturated rings. The lowest BCUT2D eigenvalue weighted by molar-refractivity contribution is 0.878. The Morgan fingerprint density at radius 1 is 1.50 bits per heavy atom. The van der Waals surface area contributed by atoms with Gasteiger partial charge in [0.25, 0.3) is 0 Å². The third-order valence-electron chi connectivity index (χ3n) is 1.55. The van der Waals surface area contributed by atoms with Crippen LogP contribution >= 0.6 is 0 Å². The fourth-order valence-electron chi connectivity index (χ4n) is 1.04. The van der Waals surface area contributed by atoms with E-state index in [2.05, 4.69) is 31.5 Å². The first-order valence-electron chi connectivity index (χ1n) is 4.00. The number of nitrogens with one attached hydrogen (secondary N) is 1. The highest BCUT2D eigenvalue weighted by Gasteiger charge is 1.87. The summed E-state index contributed by atoms with van der Waals surface area (Å²) >= 11 is 0. The zero-order chi connectivity index (χ0) is 9.14. The summed E-state index contributed by atoms with van der Waals surface area (Å²) < 4.78 is 0. The summed E-state index contributed by atoms with van der Waals surface area (Å²) in [6, 6.07) is 3.31. The lowest BCUT2D eigenvalue weighted by Crippen LogP contribution is -2.32. The van der Waals surface area contributed by atoms with E-state index >= 15 is 0 Å². The smallest absolute Gasteiger partial charge is 0.248 e.